The van der Waals surface area contributed by atoms with Gasteiger partial charge in [0.2, 0.25) is 0 Å². The Morgan fingerprint density at radius 3 is 2.57 bits per heavy atom. The SMILES string of the molecule is CC(C)(C)c1nc(Br)cc(Sc2nc3ccccc3s2)n1. The molecule has 108 valence electrons. The second kappa shape index (κ2) is 5.66. The topological polar surface area (TPSA) is 38.7 Å². The quantitative estimate of drug-likeness (QED) is 0.566. The van der Waals surface area contributed by atoms with E-state index in [0.29, 0.717) is 0 Å². The molecular weight excluding hydrogens is 366 g/mol. The van der Waals surface area contributed by atoms with Gasteiger partial charge >= 0.3 is 0 Å². The van der Waals surface area contributed by atoms with Crippen LogP contribution in [0, 0.1) is 0 Å². The van der Waals surface area contributed by atoms with Crippen LogP contribution in [0.2, 0.25) is 0 Å². The molecule has 0 saturated heterocycles. The van der Waals surface area contributed by atoms with E-state index >= 15 is 0 Å². The second-order valence-corrected chi connectivity index (χ2v) is 8.76. The summed E-state index contributed by atoms with van der Waals surface area (Å²) < 4.78 is 3.01. The maximum Gasteiger partial charge on any atom is 0.157 e. The largest absolute Gasteiger partial charge is 0.229 e. The standard InChI is InChI=1S/C15H14BrN3S2/c1-15(2,3)13-18-11(16)8-12(19-13)21-14-17-9-6-4-5-7-10(9)20-14/h4-8H,1-3H3. The molecule has 2 aromatic heterocycles. The average molecular weight is 380 g/mol. The predicted molar refractivity (Wildman–Crippen MR) is 92.2 cm³/mol. The third-order valence-corrected chi connectivity index (χ3v) is 5.23. The minimum Gasteiger partial charge on any atom is -0.229 e. The molecule has 1 aromatic carbocycles. The van der Waals surface area contributed by atoms with E-state index in [1.165, 1.54) is 4.70 Å². The molecule has 3 aromatic rings. The van der Waals surface area contributed by atoms with Crippen LogP contribution in [0.15, 0.2) is 44.3 Å². The van der Waals surface area contributed by atoms with Crippen LogP contribution in [-0.2, 0) is 5.41 Å². The molecule has 0 bridgehead atoms. The molecule has 0 amide bonds. The van der Waals surface area contributed by atoms with Crippen LogP contribution in [0.25, 0.3) is 10.2 Å². The van der Waals surface area contributed by atoms with Crippen molar-refractivity contribution in [1.82, 2.24) is 15.0 Å². The maximum absolute atomic E-state index is 4.66. The van der Waals surface area contributed by atoms with Crippen molar-refractivity contribution in [2.45, 2.75) is 35.6 Å². The molecule has 0 unspecified atom stereocenters. The van der Waals surface area contributed by atoms with E-state index in [9.17, 15) is 0 Å². The number of rotatable bonds is 2. The van der Waals surface area contributed by atoms with Gasteiger partial charge in [-0.1, -0.05) is 32.9 Å². The molecule has 0 fully saturated rings. The molecule has 6 heteroatoms. The Morgan fingerprint density at radius 2 is 1.86 bits per heavy atom. The van der Waals surface area contributed by atoms with Crippen molar-refractivity contribution in [3.8, 4) is 0 Å². The number of para-hydroxylation sites is 1. The van der Waals surface area contributed by atoms with Gasteiger partial charge in [0.05, 0.1) is 10.2 Å². The minimum absolute atomic E-state index is 0.0767. The van der Waals surface area contributed by atoms with Crippen LogP contribution in [-0.4, -0.2) is 15.0 Å². The van der Waals surface area contributed by atoms with E-state index in [1.54, 1.807) is 23.1 Å². The summed E-state index contributed by atoms with van der Waals surface area (Å²) in [6.45, 7) is 6.34. The highest BCUT2D eigenvalue weighted by molar-refractivity contribution is 9.10. The van der Waals surface area contributed by atoms with Crippen molar-refractivity contribution < 1.29 is 0 Å². The molecule has 0 saturated carbocycles. The van der Waals surface area contributed by atoms with Gasteiger partial charge < -0.3 is 0 Å². The van der Waals surface area contributed by atoms with Crippen molar-refractivity contribution in [2.75, 3.05) is 0 Å². The van der Waals surface area contributed by atoms with E-state index in [2.05, 4.69) is 57.7 Å². The predicted octanol–water partition coefficient (Wildman–Crippen LogP) is 5.30. The zero-order chi connectivity index (χ0) is 15.0. The molecule has 0 atom stereocenters. The van der Waals surface area contributed by atoms with Gasteiger partial charge in [0.25, 0.3) is 0 Å². The van der Waals surface area contributed by atoms with Crippen molar-refractivity contribution in [3.05, 3.63) is 40.8 Å². The average Bonchev–Trinajstić information content (AvgIpc) is 2.79. The smallest absolute Gasteiger partial charge is 0.157 e. The van der Waals surface area contributed by atoms with E-state index in [4.69, 9.17) is 0 Å². The van der Waals surface area contributed by atoms with Crippen LogP contribution >= 0.6 is 39.0 Å². The number of thiazole rings is 1. The van der Waals surface area contributed by atoms with Gasteiger partial charge in [-0.25, -0.2) is 15.0 Å². The number of aromatic nitrogens is 3. The van der Waals surface area contributed by atoms with E-state index < -0.39 is 0 Å². The zero-order valence-electron chi connectivity index (χ0n) is 11.9. The Balaban J connectivity index is 1.95. The fourth-order valence-corrected chi connectivity index (χ4v) is 4.32. The summed E-state index contributed by atoms with van der Waals surface area (Å²) >= 11 is 6.74. The number of benzene rings is 1. The van der Waals surface area contributed by atoms with Crippen molar-refractivity contribution in [3.63, 3.8) is 0 Å². The Bertz CT molecular complexity index is 760. The van der Waals surface area contributed by atoms with Gasteiger partial charge in [-0.3, -0.25) is 0 Å². The van der Waals surface area contributed by atoms with Crippen LogP contribution in [0.1, 0.15) is 26.6 Å². The molecule has 2 heterocycles. The van der Waals surface area contributed by atoms with Crippen molar-refractivity contribution >= 4 is 49.2 Å². The number of halogens is 1. The Labute approximate surface area is 140 Å². The third kappa shape index (κ3) is 3.44. The summed E-state index contributed by atoms with van der Waals surface area (Å²) in [6, 6.07) is 10.1. The molecule has 0 aliphatic heterocycles. The summed E-state index contributed by atoms with van der Waals surface area (Å²) in [5, 5.41) is 0.917. The van der Waals surface area contributed by atoms with Gasteiger partial charge in [-0.2, -0.15) is 0 Å². The van der Waals surface area contributed by atoms with Gasteiger partial charge in [-0.05, 0) is 39.8 Å². The number of fused-ring (bicyclic) bond motifs is 1. The van der Waals surface area contributed by atoms with Crippen LogP contribution in [0.3, 0.4) is 0 Å². The summed E-state index contributed by atoms with van der Waals surface area (Å²) in [5.74, 6) is 0.834. The molecule has 0 N–H and O–H groups in total. The summed E-state index contributed by atoms with van der Waals surface area (Å²) in [7, 11) is 0. The fourth-order valence-electron chi connectivity index (χ4n) is 1.77. The Kier molecular flexibility index (Phi) is 4.03. The molecule has 0 aliphatic carbocycles. The zero-order valence-corrected chi connectivity index (χ0v) is 15.1. The minimum atomic E-state index is -0.0767. The van der Waals surface area contributed by atoms with Gasteiger partial charge in [0.1, 0.15) is 15.5 Å². The number of hydrogen-bond acceptors (Lipinski definition) is 5. The van der Waals surface area contributed by atoms with Gasteiger partial charge in [0.15, 0.2) is 4.34 Å². The third-order valence-electron chi connectivity index (χ3n) is 2.81. The van der Waals surface area contributed by atoms with Crippen LogP contribution in [0.5, 0.6) is 0 Å². The van der Waals surface area contributed by atoms with Gasteiger partial charge in [0, 0.05) is 11.5 Å². The van der Waals surface area contributed by atoms with Crippen LogP contribution in [0.4, 0.5) is 0 Å². The lowest BCUT2D eigenvalue weighted by Gasteiger charge is -2.17. The lowest BCUT2D eigenvalue weighted by Crippen LogP contribution is -2.16. The molecule has 3 rings (SSSR count). The normalized spacial score (nSPS) is 12.0. The van der Waals surface area contributed by atoms with Crippen molar-refractivity contribution in [2.24, 2.45) is 0 Å². The Hall–Kier alpha value is -0.980. The highest BCUT2D eigenvalue weighted by Crippen LogP contribution is 2.34. The first-order valence-corrected chi connectivity index (χ1v) is 8.93. The highest BCUT2D eigenvalue weighted by Gasteiger charge is 2.19. The summed E-state index contributed by atoms with van der Waals surface area (Å²) in [5.41, 5.74) is 0.960. The molecule has 0 spiro atoms. The monoisotopic (exact) mass is 379 g/mol. The lowest BCUT2D eigenvalue weighted by atomic mass is 9.96. The van der Waals surface area contributed by atoms with E-state index in [-0.39, 0.29) is 5.41 Å². The fraction of sp³-hybridized carbons (Fsp3) is 0.267. The van der Waals surface area contributed by atoms with E-state index in [1.807, 2.05) is 24.3 Å². The lowest BCUT2D eigenvalue weighted by molar-refractivity contribution is 0.536. The molecule has 0 aliphatic rings. The molecule has 0 radical (unpaired) electrons. The van der Waals surface area contributed by atoms with Crippen molar-refractivity contribution in [1.29, 1.82) is 0 Å². The van der Waals surface area contributed by atoms with E-state index in [0.717, 1.165) is 25.3 Å². The molecular formula is C15H14BrN3S2. The first-order chi connectivity index (χ1) is 9.91. The summed E-state index contributed by atoms with van der Waals surface area (Å²) in [4.78, 5) is 13.8. The maximum atomic E-state index is 4.66. The molecule has 3 nitrogen and oxygen atoms in total. The first-order valence-electron chi connectivity index (χ1n) is 6.50. The second-order valence-electron chi connectivity index (χ2n) is 5.65. The van der Waals surface area contributed by atoms with Gasteiger partial charge in [-0.15, -0.1) is 11.3 Å². The van der Waals surface area contributed by atoms with Crippen LogP contribution < -0.4 is 0 Å². The number of nitrogens with zero attached hydrogens (tertiary/aromatic N) is 3. The molecule has 21 heavy (non-hydrogen) atoms. The highest BCUT2D eigenvalue weighted by atomic mass is 79.9. The Morgan fingerprint density at radius 1 is 1.10 bits per heavy atom. The number of hydrogen-bond donors (Lipinski definition) is 0. The summed E-state index contributed by atoms with van der Waals surface area (Å²) in [6.07, 6.45) is 0. The first kappa shape index (κ1) is 14.9.